The third-order valence-electron chi connectivity index (χ3n) is 5.44. The Hall–Kier alpha value is -2.46. The molecule has 1 aromatic heterocycles. The number of hydrogen-bond acceptors (Lipinski definition) is 3. The van der Waals surface area contributed by atoms with Crippen LogP contribution in [0.5, 0.6) is 0 Å². The monoisotopic (exact) mass is 376 g/mol. The summed E-state index contributed by atoms with van der Waals surface area (Å²) >= 11 is 1.46. The first-order valence-electron chi connectivity index (χ1n) is 9.65. The van der Waals surface area contributed by atoms with Crippen LogP contribution in [0.25, 0.3) is 11.1 Å². The lowest BCUT2D eigenvalue weighted by atomic mass is 9.86. The molecule has 27 heavy (non-hydrogen) atoms. The highest BCUT2D eigenvalue weighted by atomic mass is 32.1. The van der Waals surface area contributed by atoms with Crippen molar-refractivity contribution in [3.63, 3.8) is 0 Å². The maximum Gasteiger partial charge on any atom is 0.233 e. The molecule has 0 saturated heterocycles. The van der Waals surface area contributed by atoms with Gasteiger partial charge < -0.3 is 5.32 Å². The maximum atomic E-state index is 13.0. The highest BCUT2D eigenvalue weighted by Gasteiger charge is 2.27. The molecule has 0 aliphatic heterocycles. The van der Waals surface area contributed by atoms with Gasteiger partial charge in [-0.1, -0.05) is 80.3 Å². The Morgan fingerprint density at radius 1 is 1.04 bits per heavy atom. The van der Waals surface area contributed by atoms with E-state index in [9.17, 15) is 4.79 Å². The summed E-state index contributed by atoms with van der Waals surface area (Å²) in [6.07, 6.45) is 7.70. The molecule has 2 aromatic carbocycles. The number of benzene rings is 2. The second-order valence-corrected chi connectivity index (χ2v) is 8.15. The molecule has 1 aliphatic rings. The molecule has 0 radical (unpaired) electrons. The fourth-order valence-corrected chi connectivity index (χ4v) is 4.52. The van der Waals surface area contributed by atoms with Gasteiger partial charge in [0.05, 0.1) is 5.92 Å². The van der Waals surface area contributed by atoms with Crippen molar-refractivity contribution >= 4 is 22.4 Å². The Balaban J connectivity index is 1.56. The summed E-state index contributed by atoms with van der Waals surface area (Å²) in [6.45, 7) is 0. The third-order valence-corrected chi connectivity index (χ3v) is 6.13. The number of aromatic nitrogens is 1. The zero-order valence-corrected chi connectivity index (χ0v) is 16.1. The normalized spacial score (nSPS) is 15.6. The smallest absolute Gasteiger partial charge is 0.233 e. The molecule has 3 nitrogen and oxygen atoms in total. The fraction of sp³-hybridized carbons (Fsp3) is 0.304. The van der Waals surface area contributed by atoms with Crippen molar-refractivity contribution in [2.75, 3.05) is 5.32 Å². The van der Waals surface area contributed by atoms with Crippen molar-refractivity contribution in [3.05, 3.63) is 71.7 Å². The van der Waals surface area contributed by atoms with Crippen LogP contribution < -0.4 is 5.32 Å². The molecule has 4 rings (SSSR count). The van der Waals surface area contributed by atoms with E-state index in [0.29, 0.717) is 11.0 Å². The number of thiazole rings is 1. The van der Waals surface area contributed by atoms with E-state index in [0.717, 1.165) is 12.0 Å². The first-order valence-corrected chi connectivity index (χ1v) is 10.5. The van der Waals surface area contributed by atoms with Gasteiger partial charge in [0.1, 0.15) is 0 Å². The number of hydrogen-bond donors (Lipinski definition) is 1. The molecule has 3 aromatic rings. The molecule has 1 N–H and O–H groups in total. The van der Waals surface area contributed by atoms with Crippen molar-refractivity contribution in [1.82, 2.24) is 4.98 Å². The quantitative estimate of drug-likeness (QED) is 0.564. The zero-order valence-electron chi connectivity index (χ0n) is 15.3. The lowest BCUT2D eigenvalue weighted by Gasteiger charge is -2.20. The molecule has 1 aliphatic carbocycles. The van der Waals surface area contributed by atoms with Crippen molar-refractivity contribution in [1.29, 1.82) is 0 Å². The van der Waals surface area contributed by atoms with E-state index in [1.807, 2.05) is 23.6 Å². The van der Waals surface area contributed by atoms with Crippen LogP contribution in [0.3, 0.4) is 0 Å². The Morgan fingerprint density at radius 3 is 2.41 bits per heavy atom. The van der Waals surface area contributed by atoms with E-state index in [2.05, 4.69) is 46.7 Å². The summed E-state index contributed by atoms with van der Waals surface area (Å²) in [7, 11) is 0. The lowest BCUT2D eigenvalue weighted by Crippen LogP contribution is -2.23. The number of carbonyl (C=O) groups is 1. The van der Waals surface area contributed by atoms with Crippen LogP contribution in [0.15, 0.2) is 66.2 Å². The molecule has 1 heterocycles. The number of rotatable bonds is 6. The Kier molecular flexibility index (Phi) is 5.64. The Morgan fingerprint density at radius 2 is 1.74 bits per heavy atom. The van der Waals surface area contributed by atoms with Gasteiger partial charge in [-0.25, -0.2) is 4.98 Å². The topological polar surface area (TPSA) is 42.0 Å². The number of anilines is 1. The second-order valence-electron chi connectivity index (χ2n) is 7.25. The number of carbonyl (C=O) groups excluding carboxylic acids is 1. The largest absolute Gasteiger partial charge is 0.301 e. The van der Waals surface area contributed by atoms with Gasteiger partial charge in [0.25, 0.3) is 0 Å². The average Bonchev–Trinajstić information content (AvgIpc) is 3.41. The minimum absolute atomic E-state index is 0.0595. The van der Waals surface area contributed by atoms with Crippen molar-refractivity contribution in [2.24, 2.45) is 5.92 Å². The second kappa shape index (κ2) is 8.49. The van der Waals surface area contributed by atoms with Gasteiger partial charge in [-0.15, -0.1) is 11.3 Å². The SMILES string of the molecule is O=C(Nc1nccs1)[C@H](CC1CCCC1)c1ccc(-c2ccccc2)cc1. The van der Waals surface area contributed by atoms with Crippen LogP contribution in [0.2, 0.25) is 0 Å². The number of amides is 1. The fourth-order valence-electron chi connectivity index (χ4n) is 3.99. The number of nitrogens with zero attached hydrogens (tertiary/aromatic N) is 1. The van der Waals surface area contributed by atoms with Gasteiger partial charge in [-0.2, -0.15) is 0 Å². The van der Waals surface area contributed by atoms with E-state index in [-0.39, 0.29) is 11.8 Å². The first kappa shape index (κ1) is 17.9. The van der Waals surface area contributed by atoms with Crippen molar-refractivity contribution in [3.8, 4) is 11.1 Å². The summed E-state index contributed by atoms with van der Waals surface area (Å²) < 4.78 is 0. The maximum absolute atomic E-state index is 13.0. The number of nitrogens with one attached hydrogen (secondary N) is 1. The molecular weight excluding hydrogens is 352 g/mol. The molecule has 1 fully saturated rings. The highest BCUT2D eigenvalue weighted by molar-refractivity contribution is 7.13. The highest BCUT2D eigenvalue weighted by Crippen LogP contribution is 2.35. The van der Waals surface area contributed by atoms with Gasteiger partial charge in [-0.05, 0) is 29.0 Å². The van der Waals surface area contributed by atoms with Crippen LogP contribution in [-0.4, -0.2) is 10.9 Å². The predicted octanol–water partition coefficient (Wildman–Crippen LogP) is 6.11. The molecule has 1 atom stereocenters. The molecule has 0 spiro atoms. The molecule has 1 saturated carbocycles. The first-order chi connectivity index (χ1) is 13.3. The summed E-state index contributed by atoms with van der Waals surface area (Å²) in [5.74, 6) is 0.581. The van der Waals surface area contributed by atoms with E-state index in [1.54, 1.807) is 6.20 Å². The molecule has 138 valence electrons. The van der Waals surface area contributed by atoms with Crippen LogP contribution in [0.1, 0.15) is 43.6 Å². The van der Waals surface area contributed by atoms with Crippen LogP contribution in [0, 0.1) is 5.92 Å². The van der Waals surface area contributed by atoms with E-state index < -0.39 is 0 Å². The summed E-state index contributed by atoms with van der Waals surface area (Å²) in [4.78, 5) is 17.2. The van der Waals surface area contributed by atoms with Crippen molar-refractivity contribution < 1.29 is 4.79 Å². The summed E-state index contributed by atoms with van der Waals surface area (Å²) in [6, 6.07) is 18.8. The van der Waals surface area contributed by atoms with Gasteiger partial charge in [0.15, 0.2) is 5.13 Å². The molecule has 0 bridgehead atoms. The predicted molar refractivity (Wildman–Crippen MR) is 112 cm³/mol. The van der Waals surface area contributed by atoms with Gasteiger partial charge >= 0.3 is 0 Å². The minimum atomic E-state index is -0.123. The Bertz CT molecular complexity index is 853. The third kappa shape index (κ3) is 4.45. The Labute approximate surface area is 164 Å². The van der Waals surface area contributed by atoms with E-state index >= 15 is 0 Å². The van der Waals surface area contributed by atoms with E-state index in [1.165, 1.54) is 48.1 Å². The van der Waals surface area contributed by atoms with Gasteiger partial charge in [0.2, 0.25) is 5.91 Å². The molecule has 1 amide bonds. The van der Waals surface area contributed by atoms with Crippen LogP contribution >= 0.6 is 11.3 Å². The molecule has 4 heteroatoms. The lowest BCUT2D eigenvalue weighted by molar-refractivity contribution is -0.118. The zero-order chi connectivity index (χ0) is 18.5. The minimum Gasteiger partial charge on any atom is -0.301 e. The van der Waals surface area contributed by atoms with Crippen molar-refractivity contribution in [2.45, 2.75) is 38.0 Å². The van der Waals surface area contributed by atoms with Crippen LogP contribution in [0.4, 0.5) is 5.13 Å². The van der Waals surface area contributed by atoms with Gasteiger partial charge in [0, 0.05) is 11.6 Å². The van der Waals surface area contributed by atoms with Crippen LogP contribution in [-0.2, 0) is 4.79 Å². The molecule has 0 unspecified atom stereocenters. The van der Waals surface area contributed by atoms with E-state index in [4.69, 9.17) is 0 Å². The summed E-state index contributed by atoms with van der Waals surface area (Å²) in [5, 5.41) is 5.57. The van der Waals surface area contributed by atoms with Gasteiger partial charge in [-0.3, -0.25) is 4.79 Å². The standard InChI is InChI=1S/C23H24N2OS/c26-22(25-23-24-14-15-27-23)21(16-17-6-4-5-7-17)20-12-10-19(11-13-20)18-8-2-1-3-9-18/h1-3,8-15,17,21H,4-7,16H2,(H,24,25,26)/t21-/m1/s1. The average molecular weight is 377 g/mol. The molecular formula is C23H24N2OS. The summed E-state index contributed by atoms with van der Waals surface area (Å²) in [5.41, 5.74) is 3.47.